The molecule has 2 fully saturated rings. The normalized spacial score (nSPS) is 23.7. The fourth-order valence-electron chi connectivity index (χ4n) is 3.80. The Balaban J connectivity index is 0.00000243. The molecule has 0 saturated carbocycles. The van der Waals surface area contributed by atoms with Gasteiger partial charge in [-0.15, -0.1) is 12.4 Å². The zero-order chi connectivity index (χ0) is 17.6. The van der Waals surface area contributed by atoms with Crippen LogP contribution in [0.5, 0.6) is 5.75 Å². The van der Waals surface area contributed by atoms with Crippen LogP contribution in [0.1, 0.15) is 38.5 Å². The van der Waals surface area contributed by atoms with Crippen LogP contribution in [-0.4, -0.2) is 37.7 Å². The van der Waals surface area contributed by atoms with Crippen molar-refractivity contribution in [2.45, 2.75) is 50.6 Å². The van der Waals surface area contributed by atoms with Gasteiger partial charge in [0.1, 0.15) is 5.75 Å². The molecule has 2 bridgehead atoms. The number of piperidine rings is 1. The van der Waals surface area contributed by atoms with Crippen LogP contribution in [0.25, 0.3) is 0 Å². The third kappa shape index (κ3) is 5.88. The Labute approximate surface area is 160 Å². The van der Waals surface area contributed by atoms with E-state index in [1.54, 1.807) is 12.1 Å². The van der Waals surface area contributed by atoms with Crippen LogP contribution in [0.2, 0.25) is 0 Å². The lowest BCUT2D eigenvalue weighted by Gasteiger charge is -2.28. The Kier molecular flexibility index (Phi) is 7.72. The van der Waals surface area contributed by atoms with Crippen LogP contribution in [0, 0.1) is 5.92 Å². The van der Waals surface area contributed by atoms with E-state index in [0.717, 1.165) is 18.5 Å². The number of benzene rings is 1. The molecule has 2 unspecified atom stereocenters. The van der Waals surface area contributed by atoms with Crippen LogP contribution in [0.15, 0.2) is 24.3 Å². The maximum absolute atomic E-state index is 12.3. The van der Waals surface area contributed by atoms with Crippen LogP contribution in [-0.2, 0) is 14.3 Å². The highest BCUT2D eigenvalue weighted by Gasteiger charge is 2.34. The molecular weight excluding hydrogens is 356 g/mol. The Hall–Kier alpha value is -1.79. The third-order valence-electron chi connectivity index (χ3n) is 4.99. The number of hydrogen-bond donors (Lipinski definition) is 2. The number of hydrogen-bond acceptors (Lipinski definition) is 5. The van der Waals surface area contributed by atoms with Crippen molar-refractivity contribution in [2.24, 2.45) is 5.92 Å². The molecule has 2 aliphatic heterocycles. The van der Waals surface area contributed by atoms with Gasteiger partial charge in [0.25, 0.3) is 0 Å². The summed E-state index contributed by atoms with van der Waals surface area (Å²) in [5.74, 6) is 0.928. The van der Waals surface area contributed by atoms with Gasteiger partial charge >= 0.3 is 5.97 Å². The summed E-state index contributed by atoms with van der Waals surface area (Å²) in [5, 5.41) is 6.56. The van der Waals surface area contributed by atoms with Gasteiger partial charge in [-0.05, 0) is 55.9 Å². The Morgan fingerprint density at radius 1 is 1.15 bits per heavy atom. The Morgan fingerprint density at radius 3 is 2.42 bits per heavy atom. The highest BCUT2D eigenvalue weighted by Crippen LogP contribution is 2.32. The Morgan fingerprint density at radius 2 is 1.81 bits per heavy atom. The van der Waals surface area contributed by atoms with Crippen LogP contribution >= 0.6 is 12.4 Å². The van der Waals surface area contributed by atoms with Gasteiger partial charge in [-0.25, -0.2) is 0 Å². The molecule has 2 atom stereocenters. The largest absolute Gasteiger partial charge is 0.493 e. The van der Waals surface area contributed by atoms with Crippen molar-refractivity contribution in [3.05, 3.63) is 24.3 Å². The number of fused-ring (bicyclic) bond motifs is 2. The standard InChI is InChI=1S/C19H26N2O4.ClH/c1-24-19(23)8-9-25-17-6-4-14(5-7-17)21-18(22)12-13-10-15-2-3-16(11-13)20-15;/h4-7,13,15-16,20H,2-3,8-12H2,1H3,(H,21,22);1H. The fraction of sp³-hybridized carbons (Fsp3) is 0.579. The summed E-state index contributed by atoms with van der Waals surface area (Å²) in [4.78, 5) is 23.3. The highest BCUT2D eigenvalue weighted by atomic mass is 35.5. The molecule has 3 rings (SSSR count). The summed E-state index contributed by atoms with van der Waals surface area (Å²) in [7, 11) is 1.36. The number of esters is 1. The highest BCUT2D eigenvalue weighted by molar-refractivity contribution is 5.90. The predicted octanol–water partition coefficient (Wildman–Crippen LogP) is 2.91. The first kappa shape index (κ1) is 20.5. The topological polar surface area (TPSA) is 76.7 Å². The molecule has 0 aliphatic carbocycles. The van der Waals surface area contributed by atoms with E-state index in [1.807, 2.05) is 12.1 Å². The zero-order valence-corrected chi connectivity index (χ0v) is 15.8. The number of anilines is 1. The lowest BCUT2D eigenvalue weighted by Crippen LogP contribution is -2.39. The van der Waals surface area contributed by atoms with E-state index in [9.17, 15) is 9.59 Å². The number of rotatable bonds is 7. The number of carbonyl (C=O) groups is 2. The second-order valence-corrected chi connectivity index (χ2v) is 6.93. The molecule has 2 N–H and O–H groups in total. The van der Waals surface area contributed by atoms with Crippen LogP contribution in [0.4, 0.5) is 5.69 Å². The molecule has 1 aromatic carbocycles. The predicted molar refractivity (Wildman–Crippen MR) is 102 cm³/mol. The van der Waals surface area contributed by atoms with Gasteiger partial charge in [0.05, 0.1) is 20.1 Å². The number of methoxy groups -OCH3 is 1. The summed E-state index contributed by atoms with van der Waals surface area (Å²) >= 11 is 0. The maximum Gasteiger partial charge on any atom is 0.308 e. The molecule has 26 heavy (non-hydrogen) atoms. The molecule has 144 valence electrons. The number of nitrogens with one attached hydrogen (secondary N) is 2. The van der Waals surface area contributed by atoms with E-state index in [0.29, 0.717) is 30.2 Å². The summed E-state index contributed by atoms with van der Waals surface area (Å²) in [6, 6.07) is 8.43. The van der Waals surface area contributed by atoms with Crippen LogP contribution in [0.3, 0.4) is 0 Å². The first-order valence-corrected chi connectivity index (χ1v) is 8.98. The molecule has 2 saturated heterocycles. The zero-order valence-electron chi connectivity index (χ0n) is 15.0. The lowest BCUT2D eigenvalue weighted by molar-refractivity contribution is -0.141. The number of ether oxygens (including phenoxy) is 2. The maximum atomic E-state index is 12.3. The third-order valence-corrected chi connectivity index (χ3v) is 4.99. The minimum Gasteiger partial charge on any atom is -0.493 e. The van der Waals surface area contributed by atoms with Gasteiger partial charge < -0.3 is 20.1 Å². The van der Waals surface area contributed by atoms with Gasteiger partial charge in [-0.3, -0.25) is 9.59 Å². The number of amides is 1. The molecule has 6 nitrogen and oxygen atoms in total. The van der Waals surface area contributed by atoms with Crippen molar-refractivity contribution in [1.29, 1.82) is 0 Å². The quantitative estimate of drug-likeness (QED) is 0.709. The SMILES string of the molecule is COC(=O)CCOc1ccc(NC(=O)CC2CC3CCC(C2)N3)cc1.Cl. The van der Waals surface area contributed by atoms with Crippen molar-refractivity contribution in [1.82, 2.24) is 5.32 Å². The van der Waals surface area contributed by atoms with E-state index in [1.165, 1.54) is 20.0 Å². The number of halogens is 1. The van der Waals surface area contributed by atoms with Crippen molar-refractivity contribution in [3.8, 4) is 5.75 Å². The molecule has 2 heterocycles. The average molecular weight is 383 g/mol. The van der Waals surface area contributed by atoms with Crippen molar-refractivity contribution >= 4 is 30.0 Å². The van der Waals surface area contributed by atoms with Gasteiger partial charge in [-0.2, -0.15) is 0 Å². The molecule has 0 radical (unpaired) electrons. The monoisotopic (exact) mass is 382 g/mol. The average Bonchev–Trinajstić information content (AvgIpc) is 2.94. The Bertz CT molecular complexity index is 596. The van der Waals surface area contributed by atoms with Crippen molar-refractivity contribution in [2.75, 3.05) is 19.0 Å². The smallest absolute Gasteiger partial charge is 0.308 e. The molecular formula is C19H27ClN2O4. The second kappa shape index (κ2) is 9.78. The minimum absolute atomic E-state index is 0. The van der Waals surface area contributed by atoms with Gasteiger partial charge in [0.2, 0.25) is 5.91 Å². The minimum atomic E-state index is -0.296. The van der Waals surface area contributed by atoms with Gasteiger partial charge in [-0.1, -0.05) is 0 Å². The summed E-state index contributed by atoms with van der Waals surface area (Å²) in [6.45, 7) is 0.274. The fourth-order valence-corrected chi connectivity index (χ4v) is 3.80. The summed E-state index contributed by atoms with van der Waals surface area (Å²) in [5.41, 5.74) is 0.766. The van der Waals surface area contributed by atoms with E-state index >= 15 is 0 Å². The summed E-state index contributed by atoms with van der Waals surface area (Å²) < 4.78 is 10.0. The summed E-state index contributed by atoms with van der Waals surface area (Å²) in [6.07, 6.45) is 5.52. The second-order valence-electron chi connectivity index (χ2n) is 6.93. The van der Waals surface area contributed by atoms with Crippen molar-refractivity contribution in [3.63, 3.8) is 0 Å². The first-order chi connectivity index (χ1) is 12.1. The molecule has 1 amide bonds. The van der Waals surface area contributed by atoms with Gasteiger partial charge in [0, 0.05) is 24.2 Å². The van der Waals surface area contributed by atoms with E-state index in [4.69, 9.17) is 4.74 Å². The van der Waals surface area contributed by atoms with E-state index < -0.39 is 0 Å². The molecule has 7 heteroatoms. The molecule has 0 spiro atoms. The van der Waals surface area contributed by atoms with E-state index in [2.05, 4.69) is 15.4 Å². The lowest BCUT2D eigenvalue weighted by atomic mass is 9.89. The number of carbonyl (C=O) groups excluding carboxylic acids is 2. The molecule has 1 aromatic rings. The van der Waals surface area contributed by atoms with Gasteiger partial charge in [0.15, 0.2) is 0 Å². The molecule has 0 aromatic heterocycles. The van der Waals surface area contributed by atoms with Crippen molar-refractivity contribution < 1.29 is 19.1 Å². The first-order valence-electron chi connectivity index (χ1n) is 8.98. The molecule has 2 aliphatic rings. The van der Waals surface area contributed by atoms with E-state index in [-0.39, 0.29) is 37.3 Å². The van der Waals surface area contributed by atoms with Crippen LogP contribution < -0.4 is 15.4 Å².